The fraction of sp³-hybridized carbons (Fsp3) is 0. The Hall–Kier alpha value is 2.33. The van der Waals surface area contributed by atoms with Crippen LogP contribution in [0.15, 0.2) is 0 Å². The van der Waals surface area contributed by atoms with Crippen molar-refractivity contribution in [3.8, 4) is 0 Å². The first-order valence-corrected chi connectivity index (χ1v) is 2.19. The van der Waals surface area contributed by atoms with Crippen LogP contribution >= 0.6 is 7.82 Å². The van der Waals surface area contributed by atoms with Crippen LogP contribution in [-0.4, -0.2) is 5.48 Å². The Bertz CT molecular complexity index is 58.6. The molecule has 0 aromatic rings. The smallest absolute Gasteiger partial charge is 0.822 e. The predicted octanol–water partition coefficient (Wildman–Crippen LogP) is -6.65. The van der Waals surface area contributed by atoms with Gasteiger partial charge in [0, 0.05) is 0 Å². The third-order valence-corrected chi connectivity index (χ3v) is 0. The zero-order valence-electron chi connectivity index (χ0n) is 4.29. The van der Waals surface area contributed by atoms with E-state index in [9.17, 15) is 0 Å². The van der Waals surface area contributed by atoms with Gasteiger partial charge in [-0.1, -0.05) is 0 Å². The molecule has 2 N–H and O–H groups in total. The van der Waals surface area contributed by atoms with E-state index in [0.29, 0.717) is 0 Å². The molecule has 0 radical (unpaired) electrons. The summed E-state index contributed by atoms with van der Waals surface area (Å²) in [6.07, 6.45) is 0. The zero-order valence-corrected chi connectivity index (χ0v) is 11.3. The van der Waals surface area contributed by atoms with E-state index in [0.717, 1.165) is 0 Å². The van der Waals surface area contributed by atoms with E-state index in [2.05, 4.69) is 0 Å². The average molecular weight is 217 g/mol. The van der Waals surface area contributed by atoms with Gasteiger partial charge in [0.15, 0.2) is 0 Å². The number of rotatable bonds is 0. The topological polar surface area (TPSA) is 118 Å². The molecule has 0 aliphatic rings. The molecule has 5 nitrogen and oxygen atoms in total. The number of hydrogen-bond acceptors (Lipinski definition) is 4. The molecule has 0 aromatic heterocycles. The molecule has 8 heavy (non-hydrogen) atoms. The van der Waals surface area contributed by atoms with Gasteiger partial charge in [-0.2, -0.15) is 7.82 Å². The number of phosphoric acid groups is 1. The molecular weight excluding hydrogens is 215 g/mol. The SMILES string of the molecule is O.O=P([O-])([O-])[O-].[K+].[Zn+2]. The quantitative estimate of drug-likeness (QED) is 0.296. The van der Waals surface area contributed by atoms with Crippen molar-refractivity contribution in [1.82, 2.24) is 0 Å². The van der Waals surface area contributed by atoms with Crippen molar-refractivity contribution in [3.63, 3.8) is 0 Å². The van der Waals surface area contributed by atoms with Gasteiger partial charge in [-0.15, -0.1) is 0 Å². The molecule has 0 atom stereocenters. The van der Waals surface area contributed by atoms with Crippen LogP contribution in [0.25, 0.3) is 0 Å². The van der Waals surface area contributed by atoms with Crippen molar-refractivity contribution in [2.45, 2.75) is 0 Å². The Morgan fingerprint density at radius 1 is 1.12 bits per heavy atom. The summed E-state index contributed by atoms with van der Waals surface area (Å²) in [4.78, 5) is 25.6. The third kappa shape index (κ3) is 82.5. The maximum Gasteiger partial charge on any atom is 2.00 e. The van der Waals surface area contributed by atoms with E-state index in [1.165, 1.54) is 0 Å². The summed E-state index contributed by atoms with van der Waals surface area (Å²) in [7, 11) is -5.39. The minimum Gasteiger partial charge on any atom is -0.822 e. The molecule has 8 heteroatoms. The van der Waals surface area contributed by atoms with Crippen LogP contribution < -0.4 is 66.1 Å². The fourth-order valence-electron chi connectivity index (χ4n) is 0. The molecule has 0 saturated heterocycles. The van der Waals surface area contributed by atoms with Crippen LogP contribution in [0.4, 0.5) is 0 Å². The van der Waals surface area contributed by atoms with Gasteiger partial charge in [0.2, 0.25) is 0 Å². The van der Waals surface area contributed by atoms with E-state index in [-0.39, 0.29) is 76.3 Å². The van der Waals surface area contributed by atoms with Crippen molar-refractivity contribution in [1.29, 1.82) is 0 Å². The molecular formula is H2KO5PZn. The Kier molecular flexibility index (Phi) is 26.2. The van der Waals surface area contributed by atoms with Crippen LogP contribution in [0.3, 0.4) is 0 Å². The standard InChI is InChI=1S/K.H3O4P.H2O.Zn/c;1-5(2,3)4;;/h;(H3,1,2,3,4);1H2;/q+1;;;+2/p-3. The van der Waals surface area contributed by atoms with Gasteiger partial charge in [-0.3, -0.25) is 0 Å². The average Bonchev–Trinajstić information content (AvgIpc) is 0.722. The van der Waals surface area contributed by atoms with Crippen molar-refractivity contribution < 1.29 is 95.6 Å². The first-order valence-electron chi connectivity index (χ1n) is 0.730. The molecule has 0 spiro atoms. The van der Waals surface area contributed by atoms with Gasteiger partial charge in [-0.25, -0.2) is 0 Å². The maximum atomic E-state index is 8.55. The second-order valence-corrected chi connectivity index (χ2v) is 1.34. The Morgan fingerprint density at radius 3 is 1.12 bits per heavy atom. The normalized spacial score (nSPS) is 7.38. The van der Waals surface area contributed by atoms with Gasteiger partial charge >= 0.3 is 70.9 Å². The molecule has 0 saturated carbocycles. The van der Waals surface area contributed by atoms with Crippen LogP contribution in [0.1, 0.15) is 0 Å². The van der Waals surface area contributed by atoms with Crippen molar-refractivity contribution in [3.05, 3.63) is 0 Å². The Morgan fingerprint density at radius 2 is 1.12 bits per heavy atom. The van der Waals surface area contributed by atoms with E-state index in [1.54, 1.807) is 0 Å². The fourth-order valence-corrected chi connectivity index (χ4v) is 0. The van der Waals surface area contributed by atoms with Crippen molar-refractivity contribution in [2.75, 3.05) is 0 Å². The first-order chi connectivity index (χ1) is 2.00. The summed E-state index contributed by atoms with van der Waals surface area (Å²) in [5.74, 6) is 0. The van der Waals surface area contributed by atoms with Gasteiger partial charge in [-0.05, 0) is 0 Å². The second kappa shape index (κ2) is 9.33. The molecule has 0 aliphatic heterocycles. The summed E-state index contributed by atoms with van der Waals surface area (Å²) in [5, 5.41) is 0. The maximum absolute atomic E-state index is 8.55. The van der Waals surface area contributed by atoms with E-state index in [4.69, 9.17) is 19.2 Å². The molecule has 0 bridgehead atoms. The summed E-state index contributed by atoms with van der Waals surface area (Å²) < 4.78 is 8.55. The molecule has 0 rings (SSSR count). The third-order valence-electron chi connectivity index (χ3n) is 0. The Balaban J connectivity index is -0.0000000267. The van der Waals surface area contributed by atoms with Crippen molar-refractivity contribution >= 4 is 7.82 Å². The summed E-state index contributed by atoms with van der Waals surface area (Å²) in [6, 6.07) is 0. The van der Waals surface area contributed by atoms with Crippen LogP contribution in [0, 0.1) is 0 Å². The van der Waals surface area contributed by atoms with Gasteiger partial charge in [0.25, 0.3) is 0 Å². The summed E-state index contributed by atoms with van der Waals surface area (Å²) in [5.41, 5.74) is 0. The van der Waals surface area contributed by atoms with Gasteiger partial charge in [0.1, 0.15) is 0 Å². The molecule has 0 aromatic carbocycles. The molecule has 40 valence electrons. The minimum absolute atomic E-state index is 0. The van der Waals surface area contributed by atoms with E-state index in [1.807, 2.05) is 0 Å². The van der Waals surface area contributed by atoms with Crippen LogP contribution in [0.5, 0.6) is 0 Å². The minimum atomic E-state index is -5.39. The van der Waals surface area contributed by atoms with E-state index >= 15 is 0 Å². The molecule has 0 amide bonds. The second-order valence-electron chi connectivity index (χ2n) is 0.447. The van der Waals surface area contributed by atoms with Gasteiger partial charge in [0.05, 0.1) is 0 Å². The van der Waals surface area contributed by atoms with Gasteiger partial charge < -0.3 is 24.7 Å². The summed E-state index contributed by atoms with van der Waals surface area (Å²) in [6.45, 7) is 0. The molecule has 0 fully saturated rings. The van der Waals surface area contributed by atoms with E-state index < -0.39 is 7.82 Å². The predicted molar refractivity (Wildman–Crippen MR) is 11.2 cm³/mol. The largest absolute Gasteiger partial charge is 2.00 e. The molecule has 0 heterocycles. The zero-order chi connectivity index (χ0) is 4.50. The summed E-state index contributed by atoms with van der Waals surface area (Å²) >= 11 is 0. The Labute approximate surface area is 102 Å². The molecule has 0 unspecified atom stereocenters. The van der Waals surface area contributed by atoms with Crippen LogP contribution in [-0.2, 0) is 24.0 Å². The monoisotopic (exact) mass is 216 g/mol. The number of hydrogen-bond donors (Lipinski definition) is 0. The van der Waals surface area contributed by atoms with Crippen molar-refractivity contribution in [2.24, 2.45) is 0 Å². The first kappa shape index (κ1) is 22.4. The van der Waals surface area contributed by atoms with Crippen LogP contribution in [0.2, 0.25) is 0 Å². The molecule has 0 aliphatic carbocycles.